The van der Waals surface area contributed by atoms with Crippen molar-refractivity contribution in [3.05, 3.63) is 29.8 Å². The van der Waals surface area contributed by atoms with E-state index in [4.69, 9.17) is 10.5 Å². The molecule has 1 fully saturated rings. The van der Waals surface area contributed by atoms with E-state index in [0.29, 0.717) is 6.61 Å². The molecule has 0 radical (unpaired) electrons. The average Bonchev–Trinajstić information content (AvgIpc) is 3.00. The quantitative estimate of drug-likeness (QED) is 0.837. The number of amides is 2. The first kappa shape index (κ1) is 16.3. The summed E-state index contributed by atoms with van der Waals surface area (Å²) in [6, 6.07) is 7.86. The lowest BCUT2D eigenvalue weighted by Crippen LogP contribution is -2.44. The third-order valence-electron chi connectivity index (χ3n) is 4.02. The summed E-state index contributed by atoms with van der Waals surface area (Å²) in [4.78, 5) is 25.2. The Balaban J connectivity index is 1.84. The van der Waals surface area contributed by atoms with Gasteiger partial charge in [-0.1, -0.05) is 30.5 Å². The predicted molar refractivity (Wildman–Crippen MR) is 84.5 cm³/mol. The molecule has 0 bridgehead atoms. The van der Waals surface area contributed by atoms with Gasteiger partial charge >= 0.3 is 0 Å². The van der Waals surface area contributed by atoms with Crippen LogP contribution in [0.3, 0.4) is 0 Å². The number of ether oxygens (including phenoxy) is 1. The van der Waals surface area contributed by atoms with Crippen LogP contribution in [-0.4, -0.2) is 35.9 Å². The third-order valence-corrected chi connectivity index (χ3v) is 4.02. The van der Waals surface area contributed by atoms with Crippen molar-refractivity contribution in [1.29, 1.82) is 0 Å². The van der Waals surface area contributed by atoms with Crippen molar-refractivity contribution < 1.29 is 14.3 Å². The van der Waals surface area contributed by atoms with E-state index < -0.39 is 5.91 Å². The SMILES string of the molecule is Cc1ccc(OCCC(=O)N(CC(N)=O)C2CCCC2)cc1. The number of nitrogens with two attached hydrogens (primary N) is 1. The number of nitrogens with zero attached hydrogens (tertiary/aromatic N) is 1. The number of carbonyl (C=O) groups excluding carboxylic acids is 2. The molecular formula is C17H24N2O3. The number of rotatable bonds is 7. The van der Waals surface area contributed by atoms with E-state index in [9.17, 15) is 9.59 Å². The van der Waals surface area contributed by atoms with Gasteiger partial charge in [0.2, 0.25) is 11.8 Å². The Bertz CT molecular complexity index is 507. The molecule has 5 nitrogen and oxygen atoms in total. The summed E-state index contributed by atoms with van der Waals surface area (Å²) >= 11 is 0. The van der Waals surface area contributed by atoms with Crippen LogP contribution in [0.1, 0.15) is 37.7 Å². The number of hydrogen-bond donors (Lipinski definition) is 1. The van der Waals surface area contributed by atoms with E-state index in [1.807, 2.05) is 31.2 Å². The minimum atomic E-state index is -0.459. The fourth-order valence-corrected chi connectivity index (χ4v) is 2.84. The molecule has 1 aliphatic rings. The standard InChI is InChI=1S/C17H24N2O3/c1-13-6-8-15(9-7-13)22-11-10-17(21)19(12-16(18)20)14-4-2-3-5-14/h6-9,14H,2-5,10-12H2,1H3,(H2,18,20). The fraction of sp³-hybridized carbons (Fsp3) is 0.529. The molecule has 2 amide bonds. The van der Waals surface area contributed by atoms with Gasteiger partial charge in [-0.2, -0.15) is 0 Å². The molecular weight excluding hydrogens is 280 g/mol. The zero-order valence-electron chi connectivity index (χ0n) is 13.1. The maximum absolute atomic E-state index is 12.3. The lowest BCUT2D eigenvalue weighted by molar-refractivity contribution is -0.137. The second-order valence-electron chi connectivity index (χ2n) is 5.84. The molecule has 120 valence electrons. The highest BCUT2D eigenvalue weighted by molar-refractivity contribution is 5.84. The predicted octanol–water partition coefficient (Wildman–Crippen LogP) is 2.02. The number of hydrogen-bond acceptors (Lipinski definition) is 3. The molecule has 1 aromatic carbocycles. The first-order valence-electron chi connectivity index (χ1n) is 7.83. The normalized spacial score (nSPS) is 14.8. The van der Waals surface area contributed by atoms with Crippen LogP contribution in [0.2, 0.25) is 0 Å². The van der Waals surface area contributed by atoms with E-state index in [-0.39, 0.29) is 24.9 Å². The maximum atomic E-state index is 12.3. The second-order valence-corrected chi connectivity index (χ2v) is 5.84. The molecule has 1 aromatic rings. The van der Waals surface area contributed by atoms with Crippen LogP contribution >= 0.6 is 0 Å². The monoisotopic (exact) mass is 304 g/mol. The molecule has 1 aliphatic carbocycles. The van der Waals surface area contributed by atoms with Crippen molar-refractivity contribution >= 4 is 11.8 Å². The molecule has 0 atom stereocenters. The zero-order valence-corrected chi connectivity index (χ0v) is 13.1. The number of carbonyl (C=O) groups is 2. The van der Waals surface area contributed by atoms with Crippen molar-refractivity contribution in [3.8, 4) is 5.75 Å². The summed E-state index contributed by atoms with van der Waals surface area (Å²) in [5.74, 6) is 0.234. The lowest BCUT2D eigenvalue weighted by atomic mass is 10.2. The summed E-state index contributed by atoms with van der Waals surface area (Å²) in [6.45, 7) is 2.33. The van der Waals surface area contributed by atoms with Crippen molar-refractivity contribution in [1.82, 2.24) is 4.90 Å². The topological polar surface area (TPSA) is 72.6 Å². The first-order valence-corrected chi connectivity index (χ1v) is 7.83. The highest BCUT2D eigenvalue weighted by Gasteiger charge is 2.27. The zero-order chi connectivity index (χ0) is 15.9. The molecule has 0 aromatic heterocycles. The fourth-order valence-electron chi connectivity index (χ4n) is 2.84. The molecule has 22 heavy (non-hydrogen) atoms. The lowest BCUT2D eigenvalue weighted by Gasteiger charge is -2.27. The Hall–Kier alpha value is -2.04. The summed E-state index contributed by atoms with van der Waals surface area (Å²) in [5, 5.41) is 0. The van der Waals surface area contributed by atoms with E-state index in [2.05, 4.69) is 0 Å². The summed E-state index contributed by atoms with van der Waals surface area (Å²) < 4.78 is 5.59. The number of primary amides is 1. The molecule has 2 rings (SSSR count). The van der Waals surface area contributed by atoms with Crippen molar-refractivity contribution in [2.24, 2.45) is 5.73 Å². The Labute approximate surface area is 131 Å². The first-order chi connectivity index (χ1) is 10.6. The molecule has 1 saturated carbocycles. The van der Waals surface area contributed by atoms with E-state index in [1.54, 1.807) is 4.90 Å². The molecule has 0 spiro atoms. The highest BCUT2D eigenvalue weighted by atomic mass is 16.5. The summed E-state index contributed by atoms with van der Waals surface area (Å²) in [7, 11) is 0. The molecule has 0 saturated heterocycles. The van der Waals surface area contributed by atoms with Crippen LogP contribution < -0.4 is 10.5 Å². The molecule has 2 N–H and O–H groups in total. The van der Waals surface area contributed by atoms with Gasteiger partial charge in [0.1, 0.15) is 5.75 Å². The van der Waals surface area contributed by atoms with Crippen LogP contribution in [0, 0.1) is 6.92 Å². The minimum Gasteiger partial charge on any atom is -0.493 e. The van der Waals surface area contributed by atoms with Gasteiger partial charge in [-0.3, -0.25) is 9.59 Å². The van der Waals surface area contributed by atoms with Crippen LogP contribution in [0.5, 0.6) is 5.75 Å². The van der Waals surface area contributed by atoms with Crippen LogP contribution in [-0.2, 0) is 9.59 Å². The van der Waals surface area contributed by atoms with E-state index in [1.165, 1.54) is 0 Å². The van der Waals surface area contributed by atoms with Crippen molar-refractivity contribution in [2.75, 3.05) is 13.2 Å². The maximum Gasteiger partial charge on any atom is 0.237 e. The molecule has 0 unspecified atom stereocenters. The second kappa shape index (κ2) is 7.82. The number of aryl methyl sites for hydroxylation is 1. The number of benzene rings is 1. The highest BCUT2D eigenvalue weighted by Crippen LogP contribution is 2.24. The van der Waals surface area contributed by atoms with Gasteiger partial charge in [-0.25, -0.2) is 0 Å². The smallest absolute Gasteiger partial charge is 0.237 e. The average molecular weight is 304 g/mol. The Morgan fingerprint density at radius 3 is 2.45 bits per heavy atom. The van der Waals surface area contributed by atoms with Crippen LogP contribution in [0.4, 0.5) is 0 Å². The third kappa shape index (κ3) is 4.76. The van der Waals surface area contributed by atoms with Crippen molar-refractivity contribution in [3.63, 3.8) is 0 Å². The van der Waals surface area contributed by atoms with Gasteiger partial charge in [0.25, 0.3) is 0 Å². The van der Waals surface area contributed by atoms with Gasteiger partial charge in [0.05, 0.1) is 19.6 Å². The largest absolute Gasteiger partial charge is 0.493 e. The summed E-state index contributed by atoms with van der Waals surface area (Å²) in [5.41, 5.74) is 6.43. The Morgan fingerprint density at radius 2 is 1.86 bits per heavy atom. The van der Waals surface area contributed by atoms with Gasteiger partial charge in [0, 0.05) is 6.04 Å². The minimum absolute atomic E-state index is 0.00797. The molecule has 0 heterocycles. The van der Waals surface area contributed by atoms with E-state index >= 15 is 0 Å². The molecule has 0 aliphatic heterocycles. The van der Waals surface area contributed by atoms with Gasteiger partial charge < -0.3 is 15.4 Å². The van der Waals surface area contributed by atoms with Crippen LogP contribution in [0.15, 0.2) is 24.3 Å². The van der Waals surface area contributed by atoms with Gasteiger partial charge in [0.15, 0.2) is 0 Å². The Kier molecular flexibility index (Phi) is 5.81. The van der Waals surface area contributed by atoms with Crippen LogP contribution in [0.25, 0.3) is 0 Å². The van der Waals surface area contributed by atoms with Crippen molar-refractivity contribution in [2.45, 2.75) is 45.1 Å². The van der Waals surface area contributed by atoms with E-state index in [0.717, 1.165) is 37.0 Å². The Morgan fingerprint density at radius 1 is 1.23 bits per heavy atom. The summed E-state index contributed by atoms with van der Waals surface area (Å²) in [6.07, 6.45) is 4.38. The van der Waals surface area contributed by atoms with Gasteiger partial charge in [-0.05, 0) is 31.9 Å². The molecule has 5 heteroatoms. The van der Waals surface area contributed by atoms with Gasteiger partial charge in [-0.15, -0.1) is 0 Å².